The molecule has 1 N–H and O–H groups in total. The van der Waals surface area contributed by atoms with Crippen LogP contribution in [0.25, 0.3) is 0 Å². The van der Waals surface area contributed by atoms with Crippen molar-refractivity contribution in [1.82, 2.24) is 0 Å². The maximum Gasteiger partial charge on any atom is 1.00 e. The molecule has 0 radical (unpaired) electrons. The van der Waals surface area contributed by atoms with Crippen LogP contribution in [0.4, 0.5) is 0 Å². The van der Waals surface area contributed by atoms with E-state index in [1.165, 1.54) is 64.2 Å². The average Bonchev–Trinajstić information content (AvgIpc) is 2.67. The van der Waals surface area contributed by atoms with Gasteiger partial charge < -0.3 is 9.66 Å². The molecule has 0 aromatic heterocycles. The van der Waals surface area contributed by atoms with E-state index < -0.39 is 15.4 Å². The molecule has 0 heterocycles. The van der Waals surface area contributed by atoms with E-state index in [4.69, 9.17) is 0 Å². The van der Waals surface area contributed by atoms with Gasteiger partial charge in [-0.3, -0.25) is 0 Å². The van der Waals surface area contributed by atoms with Gasteiger partial charge in [0.25, 0.3) is 0 Å². The van der Waals surface area contributed by atoms with Crippen molar-refractivity contribution in [1.29, 1.82) is 0 Å². The summed E-state index contributed by atoms with van der Waals surface area (Å²) in [6, 6.07) is 0. The summed E-state index contributed by atoms with van der Waals surface area (Å²) in [7, 11) is -4.23. The molecule has 0 saturated heterocycles. The van der Waals surface area contributed by atoms with Crippen LogP contribution in [0, 0.1) is 0 Å². The molecule has 4 nitrogen and oxygen atoms in total. The van der Waals surface area contributed by atoms with Crippen molar-refractivity contribution < 1.29 is 69.5 Å². The summed E-state index contributed by atoms with van der Waals surface area (Å²) in [5.74, 6) is 0. The van der Waals surface area contributed by atoms with E-state index in [2.05, 4.69) is 13.8 Å². The summed E-state index contributed by atoms with van der Waals surface area (Å²) >= 11 is 0. The zero-order valence-corrected chi connectivity index (χ0v) is 24.3. The Morgan fingerprint density at radius 2 is 0.933 bits per heavy atom. The van der Waals surface area contributed by atoms with E-state index in [9.17, 15) is 18.1 Å². The quantitative estimate of drug-likeness (QED) is 0.146. The molecule has 0 aliphatic rings. The van der Waals surface area contributed by atoms with Crippen LogP contribution in [-0.4, -0.2) is 29.4 Å². The minimum Gasteiger partial charge on any atom is -0.748 e. The standard InChI is InChI=1S/C24H50O4S.K/c1-3-5-7-9-10-11-12-13-14-15-17-21-24(29(26,27)28)22-18-20-23(25)19-16-8-6-4-2;/h23-25H,3-22H2,1-2H3,(H,26,27,28);/q;+1/p-1. The Balaban J connectivity index is 0. The van der Waals surface area contributed by atoms with Crippen LogP contribution in [-0.2, 0) is 10.1 Å². The first-order valence-electron chi connectivity index (χ1n) is 12.5. The van der Waals surface area contributed by atoms with Crippen molar-refractivity contribution in [2.24, 2.45) is 0 Å². The maximum absolute atomic E-state index is 11.5. The van der Waals surface area contributed by atoms with Crippen LogP contribution >= 0.6 is 0 Å². The first-order chi connectivity index (χ1) is 13.9. The summed E-state index contributed by atoms with van der Waals surface area (Å²) in [6.45, 7) is 4.40. The van der Waals surface area contributed by atoms with Crippen LogP contribution in [0.3, 0.4) is 0 Å². The Bertz CT molecular complexity index is 442. The van der Waals surface area contributed by atoms with Crippen LogP contribution in [0.1, 0.15) is 142 Å². The summed E-state index contributed by atoms with van der Waals surface area (Å²) < 4.78 is 34.6. The molecule has 0 spiro atoms. The fraction of sp³-hybridized carbons (Fsp3) is 1.00. The molecule has 0 saturated carbocycles. The molecule has 0 bridgehead atoms. The Morgan fingerprint density at radius 1 is 0.600 bits per heavy atom. The molecule has 0 amide bonds. The van der Waals surface area contributed by atoms with Crippen molar-refractivity contribution in [3.05, 3.63) is 0 Å². The molecule has 2 unspecified atom stereocenters. The van der Waals surface area contributed by atoms with Crippen LogP contribution in [0.2, 0.25) is 0 Å². The normalized spacial score (nSPS) is 13.7. The largest absolute Gasteiger partial charge is 1.00 e. The zero-order chi connectivity index (χ0) is 21.8. The summed E-state index contributed by atoms with van der Waals surface area (Å²) in [6.07, 6.45) is 20.5. The van der Waals surface area contributed by atoms with Gasteiger partial charge in [-0.05, 0) is 32.1 Å². The molecule has 2 atom stereocenters. The number of aliphatic hydroxyl groups excluding tert-OH is 1. The minimum absolute atomic E-state index is 0. The van der Waals surface area contributed by atoms with Gasteiger partial charge in [0.05, 0.1) is 16.2 Å². The predicted molar refractivity (Wildman–Crippen MR) is 123 cm³/mol. The number of aliphatic hydroxyl groups is 1. The van der Waals surface area contributed by atoms with Gasteiger partial charge in [0.1, 0.15) is 0 Å². The molecule has 0 aromatic carbocycles. The van der Waals surface area contributed by atoms with Gasteiger partial charge in [0.15, 0.2) is 0 Å². The molecule has 0 aliphatic carbocycles. The molecule has 0 aliphatic heterocycles. The first kappa shape index (κ1) is 33.7. The van der Waals surface area contributed by atoms with E-state index in [-0.39, 0.29) is 57.5 Å². The Hall–Kier alpha value is 1.51. The summed E-state index contributed by atoms with van der Waals surface area (Å²) in [4.78, 5) is 0. The summed E-state index contributed by atoms with van der Waals surface area (Å²) in [5.41, 5.74) is 0. The minimum atomic E-state index is -4.23. The fourth-order valence-electron chi connectivity index (χ4n) is 4.00. The number of unbranched alkanes of at least 4 members (excludes halogenated alkanes) is 13. The SMILES string of the molecule is CCCCCCCCCCCCCC(CCCC(O)CCCCCC)S(=O)(=O)[O-].[K+]. The van der Waals surface area contributed by atoms with Gasteiger partial charge in [-0.15, -0.1) is 0 Å². The van der Waals surface area contributed by atoms with Gasteiger partial charge in [0.2, 0.25) is 0 Å². The molecule has 0 aromatic rings. The third-order valence-corrected chi connectivity index (χ3v) is 7.28. The van der Waals surface area contributed by atoms with Crippen LogP contribution < -0.4 is 51.4 Å². The van der Waals surface area contributed by atoms with E-state index in [0.29, 0.717) is 25.7 Å². The molecular weight excluding hydrogens is 423 g/mol. The molecule has 6 heteroatoms. The van der Waals surface area contributed by atoms with E-state index in [1.807, 2.05) is 0 Å². The Kier molecular flexibility index (Phi) is 26.6. The fourth-order valence-corrected chi connectivity index (χ4v) is 4.91. The summed E-state index contributed by atoms with van der Waals surface area (Å²) in [5, 5.41) is 9.24. The molecule has 30 heavy (non-hydrogen) atoms. The molecule has 0 rings (SSSR count). The van der Waals surface area contributed by atoms with Crippen molar-refractivity contribution in [3.63, 3.8) is 0 Å². The van der Waals surface area contributed by atoms with E-state index in [0.717, 1.165) is 38.5 Å². The Labute approximate surface area is 230 Å². The van der Waals surface area contributed by atoms with Crippen molar-refractivity contribution in [3.8, 4) is 0 Å². The van der Waals surface area contributed by atoms with Gasteiger partial charge >= 0.3 is 51.4 Å². The monoisotopic (exact) mass is 472 g/mol. The average molecular weight is 473 g/mol. The van der Waals surface area contributed by atoms with E-state index in [1.54, 1.807) is 0 Å². The van der Waals surface area contributed by atoms with Gasteiger partial charge in [-0.1, -0.05) is 110 Å². The zero-order valence-electron chi connectivity index (χ0n) is 20.4. The molecule has 0 fully saturated rings. The van der Waals surface area contributed by atoms with Crippen molar-refractivity contribution in [2.75, 3.05) is 0 Å². The number of hydrogen-bond donors (Lipinski definition) is 1. The van der Waals surface area contributed by atoms with Gasteiger partial charge in [0, 0.05) is 5.25 Å². The van der Waals surface area contributed by atoms with Gasteiger partial charge in [-0.2, -0.15) is 0 Å². The van der Waals surface area contributed by atoms with Crippen LogP contribution in [0.5, 0.6) is 0 Å². The van der Waals surface area contributed by atoms with E-state index >= 15 is 0 Å². The van der Waals surface area contributed by atoms with Crippen LogP contribution in [0.15, 0.2) is 0 Å². The Morgan fingerprint density at radius 3 is 1.40 bits per heavy atom. The van der Waals surface area contributed by atoms with Crippen molar-refractivity contribution >= 4 is 10.1 Å². The second-order valence-corrected chi connectivity index (χ2v) is 10.5. The third kappa shape index (κ3) is 22.7. The second kappa shape index (κ2) is 23.7. The van der Waals surface area contributed by atoms with Crippen molar-refractivity contribution in [2.45, 2.75) is 154 Å². The maximum atomic E-state index is 11.5. The van der Waals surface area contributed by atoms with Gasteiger partial charge in [-0.25, -0.2) is 8.42 Å². The number of hydrogen-bond acceptors (Lipinski definition) is 4. The first-order valence-corrected chi connectivity index (χ1v) is 14.0. The topological polar surface area (TPSA) is 77.4 Å². The third-order valence-electron chi connectivity index (χ3n) is 5.99. The predicted octanol–water partition coefficient (Wildman–Crippen LogP) is 4.11. The molecular formula is C24H49KO4S. The second-order valence-electron chi connectivity index (χ2n) is 8.87. The molecule has 176 valence electrons. The smallest absolute Gasteiger partial charge is 0.748 e. The number of rotatable bonds is 22.